The van der Waals surface area contributed by atoms with E-state index in [1.54, 1.807) is 0 Å². The van der Waals surface area contributed by atoms with E-state index < -0.39 is 0 Å². The van der Waals surface area contributed by atoms with Gasteiger partial charge in [0.25, 0.3) is 0 Å². The smallest absolute Gasteiger partial charge is 0.222 e. The molecule has 3 heterocycles. The van der Waals surface area contributed by atoms with Gasteiger partial charge in [0.05, 0.1) is 0 Å². The van der Waals surface area contributed by atoms with Crippen LogP contribution in [0.1, 0.15) is 25.0 Å². The van der Waals surface area contributed by atoms with Gasteiger partial charge in [-0.15, -0.1) is 0 Å². The topological polar surface area (TPSA) is 58.3 Å². The monoisotopic (exact) mass is 247 g/mol. The highest BCUT2D eigenvalue weighted by atomic mass is 15.3. The maximum Gasteiger partial charge on any atom is 0.222 e. The maximum atomic E-state index is 5.74. The van der Waals surface area contributed by atoms with Gasteiger partial charge in [-0.3, -0.25) is 4.90 Å². The number of hydrogen-bond donors (Lipinski definition) is 1. The minimum atomic E-state index is 0.385. The van der Waals surface area contributed by atoms with Crippen LogP contribution in [0, 0.1) is 6.92 Å². The van der Waals surface area contributed by atoms with Crippen molar-refractivity contribution in [3.63, 3.8) is 0 Å². The Kier molecular flexibility index (Phi) is 3.07. The first kappa shape index (κ1) is 11.7. The molecule has 0 spiro atoms. The lowest BCUT2D eigenvalue weighted by Gasteiger charge is -2.44. The second kappa shape index (κ2) is 4.72. The van der Waals surface area contributed by atoms with Crippen LogP contribution in [0.3, 0.4) is 0 Å². The number of piperazine rings is 1. The summed E-state index contributed by atoms with van der Waals surface area (Å²) in [4.78, 5) is 13.5. The van der Waals surface area contributed by atoms with Crippen LogP contribution in [-0.2, 0) is 0 Å². The third kappa shape index (κ3) is 2.27. The van der Waals surface area contributed by atoms with Gasteiger partial charge < -0.3 is 10.6 Å². The van der Waals surface area contributed by atoms with Gasteiger partial charge in [0.2, 0.25) is 5.95 Å². The number of nitrogen functional groups attached to an aromatic ring is 1. The van der Waals surface area contributed by atoms with Crippen molar-refractivity contribution in [1.82, 2.24) is 14.9 Å². The average molecular weight is 247 g/mol. The maximum absolute atomic E-state index is 5.74. The second-order valence-electron chi connectivity index (χ2n) is 5.36. The number of aromatic nitrogens is 2. The van der Waals surface area contributed by atoms with E-state index in [9.17, 15) is 0 Å². The Morgan fingerprint density at radius 2 is 2.11 bits per heavy atom. The van der Waals surface area contributed by atoms with Gasteiger partial charge in [-0.25, -0.2) is 4.98 Å². The van der Waals surface area contributed by atoms with Crippen molar-refractivity contribution in [2.75, 3.05) is 36.8 Å². The normalized spacial score (nSPS) is 24.9. The summed E-state index contributed by atoms with van der Waals surface area (Å²) in [6.07, 6.45) is 4.03. The molecule has 18 heavy (non-hydrogen) atoms. The van der Waals surface area contributed by atoms with Crippen molar-refractivity contribution < 1.29 is 0 Å². The molecule has 2 aliphatic heterocycles. The molecule has 5 nitrogen and oxygen atoms in total. The number of anilines is 2. The summed E-state index contributed by atoms with van der Waals surface area (Å²) in [7, 11) is 0. The van der Waals surface area contributed by atoms with Crippen LogP contribution in [0.2, 0.25) is 0 Å². The molecule has 0 aromatic carbocycles. The first-order valence-corrected chi connectivity index (χ1v) is 6.82. The standard InChI is InChI=1S/C13H21N5/c1-10-8-12(16-13(14)15-10)18-7-6-17-5-3-2-4-11(17)9-18/h8,11H,2-7,9H2,1H3,(H2,14,15,16)/t11-/m0/s1. The molecule has 0 amide bonds. The predicted molar refractivity (Wildman–Crippen MR) is 72.6 cm³/mol. The van der Waals surface area contributed by atoms with Gasteiger partial charge in [-0.2, -0.15) is 4.98 Å². The van der Waals surface area contributed by atoms with Crippen molar-refractivity contribution in [3.8, 4) is 0 Å². The molecule has 1 aromatic rings. The molecule has 3 rings (SSSR count). The van der Waals surface area contributed by atoms with Crippen LogP contribution < -0.4 is 10.6 Å². The van der Waals surface area contributed by atoms with Crippen molar-refractivity contribution in [2.24, 2.45) is 0 Å². The van der Waals surface area contributed by atoms with Gasteiger partial charge in [0.1, 0.15) is 5.82 Å². The molecule has 0 unspecified atom stereocenters. The zero-order valence-electron chi connectivity index (χ0n) is 11.0. The summed E-state index contributed by atoms with van der Waals surface area (Å²) >= 11 is 0. The molecule has 0 saturated carbocycles. The largest absolute Gasteiger partial charge is 0.368 e. The lowest BCUT2D eigenvalue weighted by atomic mass is 9.99. The van der Waals surface area contributed by atoms with E-state index in [4.69, 9.17) is 5.73 Å². The zero-order valence-corrected chi connectivity index (χ0v) is 11.0. The predicted octanol–water partition coefficient (Wildman–Crippen LogP) is 1.04. The quantitative estimate of drug-likeness (QED) is 0.803. The highest BCUT2D eigenvalue weighted by Gasteiger charge is 2.29. The van der Waals surface area contributed by atoms with Gasteiger partial charge in [0, 0.05) is 37.4 Å². The van der Waals surface area contributed by atoms with E-state index >= 15 is 0 Å². The SMILES string of the molecule is Cc1cc(N2CCN3CCCC[C@H]3C2)nc(N)n1. The second-order valence-corrected chi connectivity index (χ2v) is 5.36. The Morgan fingerprint density at radius 1 is 1.22 bits per heavy atom. The molecule has 98 valence electrons. The summed E-state index contributed by atoms with van der Waals surface area (Å²) in [5.41, 5.74) is 6.69. The Hall–Kier alpha value is -1.36. The molecular weight excluding hydrogens is 226 g/mol. The van der Waals surface area contributed by atoms with E-state index in [1.807, 2.05) is 13.0 Å². The van der Waals surface area contributed by atoms with Crippen molar-refractivity contribution in [3.05, 3.63) is 11.8 Å². The van der Waals surface area contributed by atoms with Gasteiger partial charge in [0.15, 0.2) is 0 Å². The van der Waals surface area contributed by atoms with Crippen molar-refractivity contribution >= 4 is 11.8 Å². The Balaban J connectivity index is 1.76. The first-order chi connectivity index (χ1) is 8.72. The van der Waals surface area contributed by atoms with E-state index in [0.29, 0.717) is 12.0 Å². The Labute approximate surface area is 108 Å². The highest BCUT2D eigenvalue weighted by Crippen LogP contribution is 2.24. The summed E-state index contributed by atoms with van der Waals surface area (Å²) in [6.45, 7) is 6.51. The molecule has 2 fully saturated rings. The fourth-order valence-corrected chi connectivity index (χ4v) is 3.10. The highest BCUT2D eigenvalue weighted by molar-refractivity contribution is 5.44. The third-order valence-corrected chi connectivity index (χ3v) is 4.02. The average Bonchev–Trinajstić information content (AvgIpc) is 2.37. The van der Waals surface area contributed by atoms with Crippen LogP contribution >= 0.6 is 0 Å². The molecule has 5 heteroatoms. The number of nitrogens with two attached hydrogens (primary N) is 1. The van der Waals surface area contributed by atoms with Crippen LogP contribution in [0.15, 0.2) is 6.07 Å². The minimum absolute atomic E-state index is 0.385. The van der Waals surface area contributed by atoms with Gasteiger partial charge in [-0.05, 0) is 26.3 Å². The summed E-state index contributed by atoms with van der Waals surface area (Å²) in [5, 5.41) is 0. The molecule has 0 bridgehead atoms. The number of nitrogens with zero attached hydrogens (tertiary/aromatic N) is 4. The van der Waals surface area contributed by atoms with E-state index in [1.165, 1.54) is 25.8 Å². The Morgan fingerprint density at radius 3 is 2.94 bits per heavy atom. The molecule has 0 radical (unpaired) electrons. The summed E-state index contributed by atoms with van der Waals surface area (Å²) in [6, 6.07) is 2.73. The van der Waals surface area contributed by atoms with Crippen molar-refractivity contribution in [1.29, 1.82) is 0 Å². The van der Waals surface area contributed by atoms with E-state index in [0.717, 1.165) is 31.1 Å². The number of rotatable bonds is 1. The van der Waals surface area contributed by atoms with Crippen LogP contribution in [0.4, 0.5) is 11.8 Å². The summed E-state index contributed by atoms with van der Waals surface area (Å²) in [5.74, 6) is 1.38. The number of piperidine rings is 1. The zero-order chi connectivity index (χ0) is 12.5. The first-order valence-electron chi connectivity index (χ1n) is 6.82. The fourth-order valence-electron chi connectivity index (χ4n) is 3.10. The molecule has 2 N–H and O–H groups in total. The molecule has 2 aliphatic rings. The molecule has 2 saturated heterocycles. The lowest BCUT2D eigenvalue weighted by molar-refractivity contribution is 0.133. The summed E-state index contributed by atoms with van der Waals surface area (Å²) < 4.78 is 0. The van der Waals surface area contributed by atoms with Gasteiger partial charge in [-0.1, -0.05) is 6.42 Å². The number of aryl methyl sites for hydroxylation is 1. The number of fused-ring (bicyclic) bond motifs is 1. The molecule has 1 atom stereocenters. The minimum Gasteiger partial charge on any atom is -0.368 e. The Bertz CT molecular complexity index is 413. The lowest BCUT2D eigenvalue weighted by Crippen LogP contribution is -2.55. The van der Waals surface area contributed by atoms with Crippen molar-refractivity contribution in [2.45, 2.75) is 32.2 Å². The molecule has 0 aliphatic carbocycles. The van der Waals surface area contributed by atoms with Crippen LogP contribution in [0.25, 0.3) is 0 Å². The van der Waals surface area contributed by atoms with E-state index in [2.05, 4.69) is 19.8 Å². The van der Waals surface area contributed by atoms with E-state index in [-0.39, 0.29) is 0 Å². The fraction of sp³-hybridized carbons (Fsp3) is 0.692. The number of hydrogen-bond acceptors (Lipinski definition) is 5. The van der Waals surface area contributed by atoms with Gasteiger partial charge >= 0.3 is 0 Å². The molecule has 1 aromatic heterocycles. The molecular formula is C13H21N5. The van der Waals surface area contributed by atoms with Crippen LogP contribution in [-0.4, -0.2) is 47.1 Å². The third-order valence-electron chi connectivity index (χ3n) is 4.02. The van der Waals surface area contributed by atoms with Crippen LogP contribution in [0.5, 0.6) is 0 Å².